The van der Waals surface area contributed by atoms with Crippen LogP contribution in [0.2, 0.25) is 10.0 Å². The number of ether oxygens (including phenoxy) is 1. The second-order valence-corrected chi connectivity index (χ2v) is 7.32. The van der Waals surface area contributed by atoms with Gasteiger partial charge in [0, 0.05) is 31.9 Å². The van der Waals surface area contributed by atoms with Gasteiger partial charge in [-0.2, -0.15) is 0 Å². The molecule has 1 saturated heterocycles. The lowest BCUT2D eigenvalue weighted by atomic mass is 10.2. The molecule has 2 aromatic rings. The van der Waals surface area contributed by atoms with Crippen LogP contribution in [0.3, 0.4) is 0 Å². The number of carbonyl (C=O) groups excluding carboxylic acids is 1. The Labute approximate surface area is 169 Å². The van der Waals surface area contributed by atoms with Crippen molar-refractivity contribution in [1.82, 2.24) is 10.2 Å². The second kappa shape index (κ2) is 9.95. The lowest BCUT2D eigenvalue weighted by Gasteiger charge is -2.19. The van der Waals surface area contributed by atoms with Gasteiger partial charge in [0.1, 0.15) is 0 Å². The molecule has 0 aromatic heterocycles. The third-order valence-electron chi connectivity index (χ3n) is 4.44. The average Bonchev–Trinajstić information content (AvgIpc) is 2.89. The fourth-order valence-electron chi connectivity index (χ4n) is 2.99. The third kappa shape index (κ3) is 6.40. The van der Waals surface area contributed by atoms with Crippen molar-refractivity contribution in [2.75, 3.05) is 31.6 Å². The van der Waals surface area contributed by atoms with E-state index in [1.165, 1.54) is 0 Å². The molecular formula is C20H23Cl2N3O2. The monoisotopic (exact) mass is 407 g/mol. The first-order valence-corrected chi connectivity index (χ1v) is 9.73. The lowest BCUT2D eigenvalue weighted by molar-refractivity contribution is 0.0637. The minimum absolute atomic E-state index is 0.00493. The van der Waals surface area contributed by atoms with Gasteiger partial charge in [-0.1, -0.05) is 47.5 Å². The predicted octanol–water partition coefficient (Wildman–Crippen LogP) is 4.41. The summed E-state index contributed by atoms with van der Waals surface area (Å²) in [7, 11) is 0. The van der Waals surface area contributed by atoms with Gasteiger partial charge in [-0.25, -0.2) is 4.79 Å². The highest BCUT2D eigenvalue weighted by atomic mass is 35.5. The molecule has 1 unspecified atom stereocenters. The maximum Gasteiger partial charge on any atom is 0.319 e. The number of anilines is 1. The molecule has 1 fully saturated rings. The van der Waals surface area contributed by atoms with E-state index in [-0.39, 0.29) is 12.1 Å². The molecule has 1 heterocycles. The zero-order chi connectivity index (χ0) is 19.1. The molecule has 0 bridgehead atoms. The SMILES string of the molecule is O=C(NCC1CCN(Cc2ccc(Cl)c(Cl)c2)CCO1)Nc1ccccc1. The normalized spacial score (nSPS) is 17.9. The standard InChI is InChI=1S/C20H23Cl2N3O2/c21-18-7-6-15(12-19(18)22)14-25-9-8-17(27-11-10-25)13-23-20(26)24-16-4-2-1-3-5-16/h1-7,12,17H,8-11,13-14H2,(H2,23,24,26). The highest BCUT2D eigenvalue weighted by molar-refractivity contribution is 6.42. The quantitative estimate of drug-likeness (QED) is 0.771. The molecule has 27 heavy (non-hydrogen) atoms. The van der Waals surface area contributed by atoms with Crippen molar-refractivity contribution in [2.45, 2.75) is 19.1 Å². The highest BCUT2D eigenvalue weighted by Gasteiger charge is 2.18. The molecule has 3 rings (SSSR count). The number of halogens is 2. The summed E-state index contributed by atoms with van der Waals surface area (Å²) < 4.78 is 5.88. The Morgan fingerprint density at radius 2 is 1.93 bits per heavy atom. The van der Waals surface area contributed by atoms with Gasteiger partial charge in [0.05, 0.1) is 22.8 Å². The van der Waals surface area contributed by atoms with Crippen LogP contribution in [0.15, 0.2) is 48.5 Å². The molecule has 2 N–H and O–H groups in total. The number of hydrogen-bond donors (Lipinski definition) is 2. The van der Waals surface area contributed by atoms with Crippen molar-refractivity contribution in [3.8, 4) is 0 Å². The molecule has 1 aliphatic heterocycles. The Morgan fingerprint density at radius 1 is 1.11 bits per heavy atom. The number of benzene rings is 2. The number of para-hydroxylation sites is 1. The van der Waals surface area contributed by atoms with E-state index in [1.807, 2.05) is 48.5 Å². The van der Waals surface area contributed by atoms with Crippen LogP contribution in [0.5, 0.6) is 0 Å². The fraction of sp³-hybridized carbons (Fsp3) is 0.350. The molecular weight excluding hydrogens is 385 g/mol. The van der Waals surface area contributed by atoms with Crippen LogP contribution < -0.4 is 10.6 Å². The Kier molecular flexibility index (Phi) is 7.35. The molecule has 1 atom stereocenters. The first kappa shape index (κ1) is 20.0. The Morgan fingerprint density at radius 3 is 2.70 bits per heavy atom. The van der Waals surface area contributed by atoms with Crippen LogP contribution in [-0.2, 0) is 11.3 Å². The molecule has 2 aromatic carbocycles. The maximum absolute atomic E-state index is 12.0. The van der Waals surface area contributed by atoms with Crippen molar-refractivity contribution < 1.29 is 9.53 Å². The first-order chi connectivity index (χ1) is 13.1. The summed E-state index contributed by atoms with van der Waals surface area (Å²) in [6.07, 6.45) is 0.859. The Hall–Kier alpha value is -1.79. The minimum Gasteiger partial charge on any atom is -0.375 e. The lowest BCUT2D eigenvalue weighted by Crippen LogP contribution is -2.36. The van der Waals surface area contributed by atoms with Crippen molar-refractivity contribution in [3.63, 3.8) is 0 Å². The zero-order valence-corrected chi connectivity index (χ0v) is 16.5. The summed E-state index contributed by atoms with van der Waals surface area (Å²) in [5, 5.41) is 6.83. The number of urea groups is 1. The van der Waals surface area contributed by atoms with E-state index in [0.717, 1.165) is 37.3 Å². The third-order valence-corrected chi connectivity index (χ3v) is 5.18. The fourth-order valence-corrected chi connectivity index (χ4v) is 3.31. The van der Waals surface area contributed by atoms with Gasteiger partial charge in [0.15, 0.2) is 0 Å². The second-order valence-electron chi connectivity index (χ2n) is 6.51. The van der Waals surface area contributed by atoms with Gasteiger partial charge in [-0.3, -0.25) is 4.90 Å². The summed E-state index contributed by atoms with van der Waals surface area (Å²) in [6, 6.07) is 14.9. The van der Waals surface area contributed by atoms with E-state index in [4.69, 9.17) is 27.9 Å². The van der Waals surface area contributed by atoms with Crippen LogP contribution in [0.25, 0.3) is 0 Å². The number of nitrogens with one attached hydrogen (secondary N) is 2. The molecule has 144 valence electrons. The summed E-state index contributed by atoms with van der Waals surface area (Å²) in [5.74, 6) is 0. The summed E-state index contributed by atoms with van der Waals surface area (Å²) in [5.41, 5.74) is 1.90. The molecule has 7 heteroatoms. The first-order valence-electron chi connectivity index (χ1n) is 8.98. The van der Waals surface area contributed by atoms with Crippen molar-refractivity contribution in [1.29, 1.82) is 0 Å². The van der Waals surface area contributed by atoms with E-state index >= 15 is 0 Å². The van der Waals surface area contributed by atoms with Gasteiger partial charge >= 0.3 is 6.03 Å². The summed E-state index contributed by atoms with van der Waals surface area (Å²) in [4.78, 5) is 14.3. The molecule has 0 spiro atoms. The van der Waals surface area contributed by atoms with Crippen molar-refractivity contribution in [3.05, 3.63) is 64.1 Å². The van der Waals surface area contributed by atoms with E-state index in [9.17, 15) is 4.79 Å². The number of hydrogen-bond acceptors (Lipinski definition) is 3. The molecule has 1 aliphatic rings. The number of carbonyl (C=O) groups is 1. The van der Waals surface area contributed by atoms with Gasteiger partial charge < -0.3 is 15.4 Å². The van der Waals surface area contributed by atoms with E-state index < -0.39 is 0 Å². The van der Waals surface area contributed by atoms with Crippen molar-refractivity contribution >= 4 is 34.9 Å². The zero-order valence-electron chi connectivity index (χ0n) is 15.0. The van der Waals surface area contributed by atoms with Gasteiger partial charge in [-0.05, 0) is 36.2 Å². The smallest absolute Gasteiger partial charge is 0.319 e. The van der Waals surface area contributed by atoms with Crippen LogP contribution in [0.4, 0.5) is 10.5 Å². The molecule has 0 saturated carbocycles. The molecule has 2 amide bonds. The van der Waals surface area contributed by atoms with Gasteiger partial charge in [0.2, 0.25) is 0 Å². The van der Waals surface area contributed by atoms with Crippen LogP contribution in [0.1, 0.15) is 12.0 Å². The average molecular weight is 408 g/mol. The number of amides is 2. The largest absolute Gasteiger partial charge is 0.375 e. The van der Waals surface area contributed by atoms with Crippen LogP contribution in [0, 0.1) is 0 Å². The van der Waals surface area contributed by atoms with Crippen LogP contribution in [-0.4, -0.2) is 43.3 Å². The van der Waals surface area contributed by atoms with Crippen LogP contribution >= 0.6 is 23.2 Å². The number of rotatable bonds is 5. The molecule has 0 radical (unpaired) electrons. The molecule has 5 nitrogen and oxygen atoms in total. The van der Waals surface area contributed by atoms with Crippen molar-refractivity contribution in [2.24, 2.45) is 0 Å². The Bertz CT molecular complexity index is 758. The minimum atomic E-state index is -0.221. The van der Waals surface area contributed by atoms with Gasteiger partial charge in [0.25, 0.3) is 0 Å². The Balaban J connectivity index is 1.42. The van der Waals surface area contributed by atoms with E-state index in [0.29, 0.717) is 23.2 Å². The maximum atomic E-state index is 12.0. The van der Waals surface area contributed by atoms with E-state index in [1.54, 1.807) is 0 Å². The highest BCUT2D eigenvalue weighted by Crippen LogP contribution is 2.23. The summed E-state index contributed by atoms with van der Waals surface area (Å²) >= 11 is 12.1. The topological polar surface area (TPSA) is 53.6 Å². The molecule has 0 aliphatic carbocycles. The van der Waals surface area contributed by atoms with Gasteiger partial charge in [-0.15, -0.1) is 0 Å². The number of nitrogens with zero attached hydrogens (tertiary/aromatic N) is 1. The predicted molar refractivity (Wildman–Crippen MR) is 110 cm³/mol. The summed E-state index contributed by atoms with van der Waals surface area (Å²) in [6.45, 7) is 3.65. The van der Waals surface area contributed by atoms with E-state index in [2.05, 4.69) is 15.5 Å².